The third-order valence-corrected chi connectivity index (χ3v) is 2.44. The van der Waals surface area contributed by atoms with Gasteiger partial charge >= 0.3 is 0 Å². The molecule has 0 amide bonds. The Hall–Kier alpha value is -0.320. The van der Waals surface area contributed by atoms with Crippen molar-refractivity contribution in [1.82, 2.24) is 4.98 Å². The molecule has 1 rings (SSSR count). The molecule has 3 heteroatoms. The highest BCUT2D eigenvalue weighted by Gasteiger charge is 2.07. The number of H-pyrrole nitrogens is 1. The summed E-state index contributed by atoms with van der Waals surface area (Å²) in [5, 5.41) is 0. The highest BCUT2D eigenvalue weighted by molar-refractivity contribution is 4.78. The van der Waals surface area contributed by atoms with Crippen LogP contribution >= 0.6 is 0 Å². The van der Waals surface area contributed by atoms with E-state index in [4.69, 9.17) is 0 Å². The van der Waals surface area contributed by atoms with Crippen molar-refractivity contribution in [2.24, 2.45) is 0 Å². The number of rotatable bonds is 7. The Bertz CT molecular complexity index is 268. The Morgan fingerprint density at radius 3 is 2.87 bits per heavy atom. The molecular formula is C12H21IN2. The number of nitrogens with zero attached hydrogens (tertiary/aromatic N) is 1. The normalized spacial score (nSPS) is 9.67. The van der Waals surface area contributed by atoms with Crippen LogP contribution in [-0.4, -0.2) is 4.98 Å². The van der Waals surface area contributed by atoms with Gasteiger partial charge in [-0.25, -0.2) is 9.55 Å². The SMILES string of the molecule is C=CC[n+]1cc[nH]c1CCCCCC.[I-]. The summed E-state index contributed by atoms with van der Waals surface area (Å²) in [4.78, 5) is 3.28. The average molecular weight is 320 g/mol. The molecule has 1 heterocycles. The number of unbranched alkanes of at least 4 members (excludes halogenated alkanes) is 3. The molecule has 0 saturated heterocycles. The summed E-state index contributed by atoms with van der Waals surface area (Å²) in [7, 11) is 0. The van der Waals surface area contributed by atoms with E-state index in [1.807, 2.05) is 12.3 Å². The summed E-state index contributed by atoms with van der Waals surface area (Å²) >= 11 is 0. The van der Waals surface area contributed by atoms with Gasteiger partial charge in [-0.05, 0) is 6.42 Å². The zero-order valence-electron chi connectivity index (χ0n) is 9.51. The van der Waals surface area contributed by atoms with Gasteiger partial charge in [0.15, 0.2) is 0 Å². The molecule has 0 aliphatic carbocycles. The second-order valence-electron chi connectivity index (χ2n) is 3.66. The monoisotopic (exact) mass is 320 g/mol. The van der Waals surface area contributed by atoms with E-state index in [-0.39, 0.29) is 24.0 Å². The quantitative estimate of drug-likeness (QED) is 0.306. The lowest BCUT2D eigenvalue weighted by Crippen LogP contribution is -3.00. The third-order valence-electron chi connectivity index (χ3n) is 2.44. The van der Waals surface area contributed by atoms with Gasteiger partial charge in [0.2, 0.25) is 0 Å². The maximum absolute atomic E-state index is 3.75. The first-order valence-electron chi connectivity index (χ1n) is 5.55. The summed E-state index contributed by atoms with van der Waals surface area (Å²) in [6.07, 6.45) is 12.4. The van der Waals surface area contributed by atoms with E-state index in [1.54, 1.807) is 0 Å². The molecule has 15 heavy (non-hydrogen) atoms. The largest absolute Gasteiger partial charge is 1.00 e. The molecule has 2 nitrogen and oxygen atoms in total. The minimum atomic E-state index is 0. The maximum Gasteiger partial charge on any atom is 0.254 e. The van der Waals surface area contributed by atoms with Gasteiger partial charge in [-0.3, -0.25) is 0 Å². The first-order chi connectivity index (χ1) is 6.88. The van der Waals surface area contributed by atoms with Crippen LogP contribution in [0.2, 0.25) is 0 Å². The second-order valence-corrected chi connectivity index (χ2v) is 3.66. The Morgan fingerprint density at radius 1 is 1.40 bits per heavy atom. The first-order valence-corrected chi connectivity index (χ1v) is 5.55. The standard InChI is InChI=1S/C12H20N2.HI/c1-3-5-6-7-8-12-13-9-11-14(12)10-4-2;/h4,9,11H,2-3,5-8,10H2,1H3;1H. The fourth-order valence-electron chi connectivity index (χ4n) is 1.64. The molecule has 0 aliphatic rings. The van der Waals surface area contributed by atoms with Gasteiger partial charge < -0.3 is 24.0 Å². The van der Waals surface area contributed by atoms with Crippen molar-refractivity contribution in [3.8, 4) is 0 Å². The number of aromatic amines is 1. The van der Waals surface area contributed by atoms with Gasteiger partial charge in [0.1, 0.15) is 18.9 Å². The van der Waals surface area contributed by atoms with Crippen LogP contribution in [0, 0.1) is 0 Å². The molecule has 1 aromatic rings. The Morgan fingerprint density at radius 2 is 2.20 bits per heavy atom. The van der Waals surface area contributed by atoms with Gasteiger partial charge in [0, 0.05) is 6.42 Å². The predicted octanol–water partition coefficient (Wildman–Crippen LogP) is -0.385. The molecule has 1 N–H and O–H groups in total. The number of halogens is 1. The van der Waals surface area contributed by atoms with E-state index >= 15 is 0 Å². The molecule has 0 atom stereocenters. The molecule has 86 valence electrons. The highest BCUT2D eigenvalue weighted by atomic mass is 127. The van der Waals surface area contributed by atoms with Crippen LogP contribution in [0.5, 0.6) is 0 Å². The summed E-state index contributed by atoms with van der Waals surface area (Å²) in [5.74, 6) is 1.32. The van der Waals surface area contributed by atoms with E-state index in [2.05, 4.69) is 29.3 Å². The number of allylic oxidation sites excluding steroid dienone is 1. The summed E-state index contributed by atoms with van der Waals surface area (Å²) in [6, 6.07) is 0. The van der Waals surface area contributed by atoms with Crippen molar-refractivity contribution in [3.63, 3.8) is 0 Å². The zero-order valence-corrected chi connectivity index (χ0v) is 11.7. The van der Waals surface area contributed by atoms with Crippen LogP contribution in [0.3, 0.4) is 0 Å². The summed E-state index contributed by atoms with van der Waals surface area (Å²) in [6.45, 7) is 6.90. The van der Waals surface area contributed by atoms with Crippen LogP contribution in [0.1, 0.15) is 38.4 Å². The molecule has 0 spiro atoms. The number of aromatic nitrogens is 2. The molecule has 0 saturated carbocycles. The van der Waals surface area contributed by atoms with Crippen LogP contribution in [0.25, 0.3) is 0 Å². The lowest BCUT2D eigenvalue weighted by atomic mass is 10.1. The van der Waals surface area contributed by atoms with Crippen LogP contribution < -0.4 is 28.5 Å². The number of nitrogens with one attached hydrogen (secondary N) is 1. The molecule has 0 aromatic carbocycles. The summed E-state index contributed by atoms with van der Waals surface area (Å²) < 4.78 is 2.22. The lowest BCUT2D eigenvalue weighted by molar-refractivity contribution is -0.693. The van der Waals surface area contributed by atoms with Gasteiger partial charge in [-0.15, -0.1) is 0 Å². The minimum Gasteiger partial charge on any atom is -1.00 e. The van der Waals surface area contributed by atoms with Gasteiger partial charge in [-0.2, -0.15) is 0 Å². The highest BCUT2D eigenvalue weighted by Crippen LogP contribution is 2.02. The van der Waals surface area contributed by atoms with Crippen molar-refractivity contribution < 1.29 is 28.5 Å². The van der Waals surface area contributed by atoms with Gasteiger partial charge in [-0.1, -0.05) is 38.8 Å². The zero-order chi connectivity index (χ0) is 10.2. The topological polar surface area (TPSA) is 19.7 Å². The number of aryl methyl sites for hydroxylation is 1. The van der Waals surface area contributed by atoms with E-state index in [0.29, 0.717) is 0 Å². The maximum atomic E-state index is 3.75. The van der Waals surface area contributed by atoms with Crippen LogP contribution in [-0.2, 0) is 13.0 Å². The van der Waals surface area contributed by atoms with Gasteiger partial charge in [0.05, 0.1) is 0 Å². The van der Waals surface area contributed by atoms with Crippen LogP contribution in [0.4, 0.5) is 0 Å². The van der Waals surface area contributed by atoms with Gasteiger partial charge in [0.25, 0.3) is 5.82 Å². The van der Waals surface area contributed by atoms with Crippen molar-refractivity contribution in [3.05, 3.63) is 30.9 Å². The molecular weight excluding hydrogens is 299 g/mol. The van der Waals surface area contributed by atoms with Crippen molar-refractivity contribution in [2.75, 3.05) is 0 Å². The Balaban J connectivity index is 0.00000196. The fraction of sp³-hybridized carbons (Fsp3) is 0.583. The second kappa shape index (κ2) is 8.95. The van der Waals surface area contributed by atoms with E-state index < -0.39 is 0 Å². The minimum absolute atomic E-state index is 0. The first kappa shape index (κ1) is 14.7. The number of hydrogen-bond acceptors (Lipinski definition) is 0. The average Bonchev–Trinajstić information content (AvgIpc) is 2.61. The molecule has 0 radical (unpaired) electrons. The fourth-order valence-corrected chi connectivity index (χ4v) is 1.64. The number of hydrogen-bond donors (Lipinski definition) is 1. The van der Waals surface area contributed by atoms with Crippen molar-refractivity contribution in [1.29, 1.82) is 0 Å². The molecule has 0 fully saturated rings. The Kier molecular flexibility index (Phi) is 8.76. The molecule has 0 unspecified atom stereocenters. The van der Waals surface area contributed by atoms with E-state index in [9.17, 15) is 0 Å². The molecule has 0 bridgehead atoms. The van der Waals surface area contributed by atoms with Crippen molar-refractivity contribution in [2.45, 2.75) is 45.6 Å². The van der Waals surface area contributed by atoms with Crippen LogP contribution in [0.15, 0.2) is 25.0 Å². The van der Waals surface area contributed by atoms with Crippen molar-refractivity contribution >= 4 is 0 Å². The third kappa shape index (κ3) is 5.35. The molecule has 1 aromatic heterocycles. The Labute approximate surface area is 110 Å². The van der Waals surface area contributed by atoms with E-state index in [0.717, 1.165) is 13.0 Å². The molecule has 0 aliphatic heterocycles. The smallest absolute Gasteiger partial charge is 0.254 e. The summed E-state index contributed by atoms with van der Waals surface area (Å²) in [5.41, 5.74) is 0. The van der Waals surface area contributed by atoms with E-state index in [1.165, 1.54) is 31.5 Å². The predicted molar refractivity (Wildman–Crippen MR) is 59.0 cm³/mol. The lowest BCUT2D eigenvalue weighted by Gasteiger charge is -1.97. The number of imidazole rings is 1.